The van der Waals surface area contributed by atoms with Crippen LogP contribution in [0.15, 0.2) is 42.5 Å². The number of ether oxygens (including phenoxy) is 2. The van der Waals surface area contributed by atoms with Gasteiger partial charge in [-0.1, -0.05) is 27.2 Å². The number of carbonyl (C=O) groups is 2. The lowest BCUT2D eigenvalue weighted by Crippen LogP contribution is -2.14. The number of methoxy groups -OCH3 is 1. The minimum absolute atomic E-state index is 0.0230. The Kier molecular flexibility index (Phi) is 8.52. The van der Waals surface area contributed by atoms with Crippen molar-refractivity contribution in [3.8, 4) is 11.5 Å². The number of rotatable bonds is 10. The summed E-state index contributed by atoms with van der Waals surface area (Å²) in [6.07, 6.45) is 2.47. The maximum atomic E-state index is 12.6. The van der Waals surface area contributed by atoms with E-state index < -0.39 is 0 Å². The van der Waals surface area contributed by atoms with E-state index in [4.69, 9.17) is 9.47 Å². The molecule has 0 bridgehead atoms. The van der Waals surface area contributed by atoms with Crippen LogP contribution in [-0.4, -0.2) is 25.5 Å². The van der Waals surface area contributed by atoms with Crippen molar-refractivity contribution in [1.82, 2.24) is 0 Å². The summed E-state index contributed by atoms with van der Waals surface area (Å²) in [5, 5.41) is 5.69. The lowest BCUT2D eigenvalue weighted by Gasteiger charge is -2.12. The van der Waals surface area contributed by atoms with E-state index in [1.807, 2.05) is 13.8 Å². The zero-order chi connectivity index (χ0) is 21.2. The predicted molar refractivity (Wildman–Crippen MR) is 116 cm³/mol. The van der Waals surface area contributed by atoms with Crippen LogP contribution >= 0.6 is 0 Å². The summed E-state index contributed by atoms with van der Waals surface area (Å²) in [5.74, 6) is 1.18. The first-order valence-electron chi connectivity index (χ1n) is 9.95. The molecular weight excluding hydrogens is 368 g/mol. The molecule has 2 aromatic carbocycles. The number of benzene rings is 2. The highest BCUT2D eigenvalue weighted by Crippen LogP contribution is 2.28. The van der Waals surface area contributed by atoms with Crippen LogP contribution in [0.25, 0.3) is 0 Å². The molecule has 0 fully saturated rings. The number of amides is 2. The third-order valence-electron chi connectivity index (χ3n) is 4.20. The molecular formula is C23H30N2O4. The lowest BCUT2D eigenvalue weighted by atomic mass is 10.1. The van der Waals surface area contributed by atoms with E-state index in [1.165, 1.54) is 0 Å². The quantitative estimate of drug-likeness (QED) is 0.545. The fourth-order valence-electron chi connectivity index (χ4n) is 2.68. The first kappa shape index (κ1) is 22.3. The molecule has 6 heteroatoms. The van der Waals surface area contributed by atoms with Gasteiger partial charge in [0, 0.05) is 23.4 Å². The minimum Gasteiger partial charge on any atom is -0.493 e. The number of hydrogen-bond donors (Lipinski definition) is 2. The first-order valence-corrected chi connectivity index (χ1v) is 9.95. The highest BCUT2D eigenvalue weighted by Gasteiger charge is 2.12. The second kappa shape index (κ2) is 11.1. The van der Waals surface area contributed by atoms with Crippen LogP contribution in [0.2, 0.25) is 0 Å². The van der Waals surface area contributed by atoms with Crippen molar-refractivity contribution < 1.29 is 19.1 Å². The van der Waals surface area contributed by atoms with Crippen LogP contribution in [-0.2, 0) is 4.79 Å². The van der Waals surface area contributed by atoms with Gasteiger partial charge < -0.3 is 20.1 Å². The van der Waals surface area contributed by atoms with Crippen LogP contribution in [0.1, 0.15) is 50.4 Å². The van der Waals surface area contributed by atoms with Crippen LogP contribution < -0.4 is 20.1 Å². The van der Waals surface area contributed by atoms with Crippen molar-refractivity contribution in [2.75, 3.05) is 24.4 Å². The molecule has 0 saturated carbocycles. The van der Waals surface area contributed by atoms with Gasteiger partial charge in [-0.15, -0.1) is 0 Å². The van der Waals surface area contributed by atoms with Gasteiger partial charge in [0.2, 0.25) is 5.91 Å². The fourth-order valence-corrected chi connectivity index (χ4v) is 2.68. The van der Waals surface area contributed by atoms with Crippen molar-refractivity contribution >= 4 is 23.2 Å². The highest BCUT2D eigenvalue weighted by molar-refractivity contribution is 6.04. The Morgan fingerprint density at radius 1 is 0.966 bits per heavy atom. The topological polar surface area (TPSA) is 76.7 Å². The van der Waals surface area contributed by atoms with Crippen molar-refractivity contribution in [2.24, 2.45) is 5.92 Å². The van der Waals surface area contributed by atoms with Gasteiger partial charge in [0.25, 0.3) is 5.91 Å². The molecule has 6 nitrogen and oxygen atoms in total. The fraction of sp³-hybridized carbons (Fsp3) is 0.391. The van der Waals surface area contributed by atoms with Crippen LogP contribution in [0.4, 0.5) is 11.4 Å². The SMILES string of the molecule is CCCCOc1ccc(C(=O)Nc2ccc(NC(=O)CC(C)C)cc2)cc1OC. The van der Waals surface area contributed by atoms with Crippen LogP contribution in [0.3, 0.4) is 0 Å². The molecule has 0 aromatic heterocycles. The Balaban J connectivity index is 1.99. The zero-order valence-electron chi connectivity index (χ0n) is 17.6. The number of anilines is 2. The number of hydrogen-bond acceptors (Lipinski definition) is 4. The summed E-state index contributed by atoms with van der Waals surface area (Å²) >= 11 is 0. The largest absolute Gasteiger partial charge is 0.493 e. The van der Waals surface area contributed by atoms with E-state index >= 15 is 0 Å². The van der Waals surface area contributed by atoms with Gasteiger partial charge in [0.1, 0.15) is 0 Å². The smallest absolute Gasteiger partial charge is 0.255 e. The van der Waals surface area contributed by atoms with Gasteiger partial charge in [-0.3, -0.25) is 9.59 Å². The third kappa shape index (κ3) is 7.14. The van der Waals surface area contributed by atoms with Crippen molar-refractivity contribution in [2.45, 2.75) is 40.0 Å². The molecule has 29 heavy (non-hydrogen) atoms. The Labute approximate surface area is 172 Å². The highest BCUT2D eigenvalue weighted by atomic mass is 16.5. The van der Waals surface area contributed by atoms with Gasteiger partial charge >= 0.3 is 0 Å². The minimum atomic E-state index is -0.250. The predicted octanol–water partition coefficient (Wildman–Crippen LogP) is 5.11. The summed E-state index contributed by atoms with van der Waals surface area (Å²) in [6.45, 7) is 6.70. The molecule has 0 atom stereocenters. The number of unbranched alkanes of at least 4 members (excludes halogenated alkanes) is 1. The normalized spacial score (nSPS) is 10.5. The van der Waals surface area contributed by atoms with E-state index in [0.717, 1.165) is 12.8 Å². The zero-order valence-corrected chi connectivity index (χ0v) is 17.6. The summed E-state index contributed by atoms with van der Waals surface area (Å²) in [7, 11) is 1.55. The average molecular weight is 399 g/mol. The van der Waals surface area contributed by atoms with Gasteiger partial charge in [0.05, 0.1) is 13.7 Å². The monoisotopic (exact) mass is 398 g/mol. The second-order valence-corrected chi connectivity index (χ2v) is 7.25. The number of carbonyl (C=O) groups excluding carboxylic acids is 2. The number of nitrogens with one attached hydrogen (secondary N) is 2. The molecule has 0 spiro atoms. The Morgan fingerprint density at radius 3 is 2.21 bits per heavy atom. The first-order chi connectivity index (χ1) is 13.9. The lowest BCUT2D eigenvalue weighted by molar-refractivity contribution is -0.116. The molecule has 0 aliphatic heterocycles. The van der Waals surface area contributed by atoms with E-state index in [-0.39, 0.29) is 11.8 Å². The van der Waals surface area contributed by atoms with Gasteiger partial charge in [0.15, 0.2) is 11.5 Å². The molecule has 0 heterocycles. The van der Waals surface area contributed by atoms with Crippen molar-refractivity contribution in [1.29, 1.82) is 0 Å². The maximum Gasteiger partial charge on any atom is 0.255 e. The van der Waals surface area contributed by atoms with Gasteiger partial charge in [-0.05, 0) is 54.8 Å². The van der Waals surface area contributed by atoms with E-state index in [1.54, 1.807) is 49.6 Å². The molecule has 0 aliphatic rings. The van der Waals surface area contributed by atoms with Crippen LogP contribution in [0, 0.1) is 5.92 Å². The summed E-state index contributed by atoms with van der Waals surface area (Å²) in [6, 6.07) is 12.1. The molecule has 0 radical (unpaired) electrons. The standard InChI is InChI=1S/C23H30N2O4/c1-5-6-13-29-20-12-7-17(15-21(20)28-4)23(27)25-19-10-8-18(9-11-19)24-22(26)14-16(2)3/h7-12,15-16H,5-6,13-14H2,1-4H3,(H,24,26)(H,25,27). The summed E-state index contributed by atoms with van der Waals surface area (Å²) in [5.41, 5.74) is 1.81. The maximum absolute atomic E-state index is 12.6. The summed E-state index contributed by atoms with van der Waals surface area (Å²) in [4.78, 5) is 24.4. The molecule has 0 unspecified atom stereocenters. The Hall–Kier alpha value is -3.02. The van der Waals surface area contributed by atoms with E-state index in [9.17, 15) is 9.59 Å². The van der Waals surface area contributed by atoms with Gasteiger partial charge in [-0.25, -0.2) is 0 Å². The Bertz CT molecular complexity index is 816. The molecule has 2 N–H and O–H groups in total. The van der Waals surface area contributed by atoms with E-state index in [0.29, 0.717) is 47.4 Å². The van der Waals surface area contributed by atoms with Crippen molar-refractivity contribution in [3.05, 3.63) is 48.0 Å². The van der Waals surface area contributed by atoms with Crippen LogP contribution in [0.5, 0.6) is 11.5 Å². The third-order valence-corrected chi connectivity index (χ3v) is 4.20. The van der Waals surface area contributed by atoms with Crippen molar-refractivity contribution in [3.63, 3.8) is 0 Å². The van der Waals surface area contributed by atoms with Gasteiger partial charge in [-0.2, -0.15) is 0 Å². The Morgan fingerprint density at radius 2 is 1.62 bits per heavy atom. The van der Waals surface area contributed by atoms with E-state index in [2.05, 4.69) is 17.6 Å². The second-order valence-electron chi connectivity index (χ2n) is 7.25. The molecule has 2 rings (SSSR count). The molecule has 0 aliphatic carbocycles. The average Bonchev–Trinajstić information content (AvgIpc) is 2.69. The molecule has 2 aromatic rings. The molecule has 2 amide bonds. The summed E-state index contributed by atoms with van der Waals surface area (Å²) < 4.78 is 11.1. The molecule has 156 valence electrons. The molecule has 0 saturated heterocycles.